The number of hydrogen-bond donors (Lipinski definition) is 0. The molecule has 0 fully saturated rings. The van der Waals surface area contributed by atoms with Gasteiger partial charge >= 0.3 is 0 Å². The summed E-state index contributed by atoms with van der Waals surface area (Å²) in [5.41, 5.74) is 3.74. The lowest BCUT2D eigenvalue weighted by Crippen LogP contribution is -2.33. The molecule has 8 heteroatoms. The molecule has 8 nitrogen and oxygen atoms in total. The Kier molecular flexibility index (Phi) is 15.0. The highest BCUT2D eigenvalue weighted by Crippen LogP contribution is 2.56. The van der Waals surface area contributed by atoms with Crippen molar-refractivity contribution < 1.29 is 0 Å². The number of para-hydroxylation sites is 2. The molecule has 11 aromatic carbocycles. The van der Waals surface area contributed by atoms with Crippen molar-refractivity contribution >= 4 is 151 Å². The molecule has 88 heavy (non-hydrogen) atoms. The predicted molar refractivity (Wildman–Crippen MR) is 378 cm³/mol. The van der Waals surface area contributed by atoms with E-state index in [-0.39, 0.29) is 22.2 Å². The van der Waals surface area contributed by atoms with Crippen LogP contribution in [-0.4, -0.2) is 18.3 Å². The van der Waals surface area contributed by atoms with E-state index in [1.165, 1.54) is 112 Å². The standard InChI is InChI=1S/C80H84N4O4/c1-5-9-13-15-17-19-21-23-25-31-39-83-77(85)61-43-57-51-41-55-49-33-27-29-35-65(49)82(38-12-8-4)68(55)48-54(51)60-46-64-70-62(78(86)84(80(64)88)40-32-26-24-22-20-18-16-14-10-6-2)44-58-52-42-56-50-34-28-30-36-66(50)81(37-11-7-3)67(56)47-53(52)59-45-63(79(83)87)69(61)75-71(57)74(60)76(70)72(58)73(59)75/h27-30,33-36,41-48H,5-26,31-32,37-40H2,1-4H3. The van der Waals surface area contributed by atoms with Gasteiger partial charge in [-0.05, 0) is 151 Å². The van der Waals surface area contributed by atoms with Crippen LogP contribution in [0.15, 0.2) is 116 Å². The molecule has 4 aromatic heterocycles. The van der Waals surface area contributed by atoms with Crippen molar-refractivity contribution in [2.75, 3.05) is 0 Å². The van der Waals surface area contributed by atoms with Crippen LogP contribution in [0.25, 0.3) is 151 Å². The third-order valence-corrected chi connectivity index (χ3v) is 21.1. The lowest BCUT2D eigenvalue weighted by atomic mass is 9.77. The molecule has 15 rings (SSSR count). The Hall–Kier alpha value is -7.84. The summed E-state index contributed by atoms with van der Waals surface area (Å²) in [6.45, 7) is 11.5. The molecule has 0 unspecified atom stereocenters. The minimum absolute atomic E-state index is 0.227. The van der Waals surface area contributed by atoms with E-state index in [1.807, 2.05) is 0 Å². The molecule has 15 aromatic rings. The summed E-state index contributed by atoms with van der Waals surface area (Å²) in [5, 5.41) is 22.2. The molecule has 0 N–H and O–H groups in total. The highest BCUT2D eigenvalue weighted by atomic mass is 16.2. The monoisotopic (exact) mass is 1160 g/mol. The largest absolute Gasteiger partial charge is 0.340 e. The summed E-state index contributed by atoms with van der Waals surface area (Å²) >= 11 is 0. The van der Waals surface area contributed by atoms with E-state index >= 15 is 19.2 Å². The van der Waals surface area contributed by atoms with Crippen LogP contribution in [-0.2, 0) is 26.2 Å². The Morgan fingerprint density at radius 2 is 0.489 bits per heavy atom. The van der Waals surface area contributed by atoms with Crippen molar-refractivity contribution in [1.29, 1.82) is 0 Å². The van der Waals surface area contributed by atoms with E-state index in [9.17, 15) is 0 Å². The van der Waals surface area contributed by atoms with Gasteiger partial charge in [0.25, 0.3) is 22.2 Å². The number of hydrogen-bond acceptors (Lipinski definition) is 4. The lowest BCUT2D eigenvalue weighted by molar-refractivity contribution is 0.527. The minimum atomic E-state index is -0.228. The number of benzene rings is 11. The van der Waals surface area contributed by atoms with Gasteiger partial charge in [0, 0.05) is 113 Å². The Balaban J connectivity index is 1.05. The molecule has 0 radical (unpaired) electrons. The molecule has 0 spiro atoms. The number of aromatic nitrogens is 4. The van der Waals surface area contributed by atoms with Crippen LogP contribution in [0.5, 0.6) is 0 Å². The maximum Gasteiger partial charge on any atom is 0.261 e. The van der Waals surface area contributed by atoms with Crippen LogP contribution in [0, 0.1) is 0 Å². The van der Waals surface area contributed by atoms with Crippen molar-refractivity contribution in [2.24, 2.45) is 0 Å². The second-order valence-corrected chi connectivity index (χ2v) is 26.6. The molecule has 0 saturated heterocycles. The van der Waals surface area contributed by atoms with Crippen LogP contribution >= 0.6 is 0 Å². The Bertz CT molecular complexity index is 5050. The third-order valence-electron chi connectivity index (χ3n) is 21.1. The van der Waals surface area contributed by atoms with Crippen molar-refractivity contribution in [3.8, 4) is 0 Å². The molecular formula is C80H84N4O4. The molecule has 0 aliphatic heterocycles. The fraction of sp³-hybridized carbons (Fsp3) is 0.400. The number of pyridine rings is 2. The summed E-state index contributed by atoms with van der Waals surface area (Å²) in [6.07, 6.45) is 27.4. The van der Waals surface area contributed by atoms with Crippen LogP contribution in [0.2, 0.25) is 0 Å². The average molecular weight is 1170 g/mol. The van der Waals surface area contributed by atoms with Crippen molar-refractivity contribution in [2.45, 2.75) is 208 Å². The van der Waals surface area contributed by atoms with Gasteiger partial charge in [0.1, 0.15) is 0 Å². The topological polar surface area (TPSA) is 88.0 Å². The van der Waals surface area contributed by atoms with Crippen LogP contribution < -0.4 is 22.2 Å². The van der Waals surface area contributed by atoms with E-state index in [0.717, 1.165) is 185 Å². The first-order chi connectivity index (χ1) is 43.3. The Morgan fingerprint density at radius 1 is 0.216 bits per heavy atom. The first-order valence-electron chi connectivity index (χ1n) is 34.5. The van der Waals surface area contributed by atoms with Gasteiger partial charge in [-0.25, -0.2) is 0 Å². The van der Waals surface area contributed by atoms with Gasteiger partial charge in [0.2, 0.25) is 0 Å². The van der Waals surface area contributed by atoms with Crippen molar-refractivity contribution in [1.82, 2.24) is 18.3 Å². The van der Waals surface area contributed by atoms with E-state index in [4.69, 9.17) is 0 Å². The fourth-order valence-corrected chi connectivity index (χ4v) is 16.7. The maximum absolute atomic E-state index is 15.7. The van der Waals surface area contributed by atoms with Gasteiger partial charge in [-0.3, -0.25) is 28.3 Å². The molecule has 448 valence electrons. The fourth-order valence-electron chi connectivity index (χ4n) is 16.7. The number of rotatable bonds is 28. The van der Waals surface area contributed by atoms with Crippen LogP contribution in [0.1, 0.15) is 182 Å². The SMILES string of the molecule is CCCCCCCCCCCCn1c(=O)c2cc3c4cc5c6ccccc6n(CCCC)c5cc4c4cc5c(=O)n(CCCCCCCCCCCC)c(=O)c6cc7c8cc9c%10ccccc%10n(CCCC)c9cc8c8cc(c1=O)c2c1c3c4c(c65)c7c81. The van der Waals surface area contributed by atoms with Gasteiger partial charge in [-0.15, -0.1) is 0 Å². The third kappa shape index (κ3) is 8.78. The Labute approximate surface area is 513 Å². The second-order valence-electron chi connectivity index (χ2n) is 26.6. The van der Waals surface area contributed by atoms with Crippen LogP contribution in [0.3, 0.4) is 0 Å². The lowest BCUT2D eigenvalue weighted by Gasteiger charge is -2.26. The summed E-state index contributed by atoms with van der Waals surface area (Å²) in [4.78, 5) is 62.9. The highest BCUT2D eigenvalue weighted by molar-refractivity contribution is 6.55. The molecule has 0 bridgehead atoms. The maximum atomic E-state index is 15.7. The first kappa shape index (κ1) is 56.7. The second kappa shape index (κ2) is 23.3. The molecule has 0 amide bonds. The normalized spacial score (nSPS) is 12.9. The van der Waals surface area contributed by atoms with Crippen molar-refractivity contribution in [3.05, 3.63) is 138 Å². The van der Waals surface area contributed by atoms with Gasteiger partial charge in [0.15, 0.2) is 0 Å². The van der Waals surface area contributed by atoms with Gasteiger partial charge in [0.05, 0.1) is 0 Å². The quantitative estimate of drug-likeness (QED) is 0.0278. The molecule has 0 aliphatic rings. The predicted octanol–water partition coefficient (Wildman–Crippen LogP) is 21.1. The van der Waals surface area contributed by atoms with E-state index in [0.29, 0.717) is 34.6 Å². The molecule has 0 atom stereocenters. The summed E-state index contributed by atoms with van der Waals surface area (Å²) in [7, 11) is 0. The zero-order chi connectivity index (χ0) is 59.9. The van der Waals surface area contributed by atoms with E-state index in [1.54, 1.807) is 9.13 Å². The first-order valence-corrected chi connectivity index (χ1v) is 34.5. The van der Waals surface area contributed by atoms with E-state index < -0.39 is 0 Å². The Morgan fingerprint density at radius 3 is 0.818 bits per heavy atom. The summed E-state index contributed by atoms with van der Waals surface area (Å²) < 4.78 is 8.11. The number of nitrogens with zero attached hydrogens (tertiary/aromatic N) is 4. The van der Waals surface area contributed by atoms with Crippen LogP contribution in [0.4, 0.5) is 0 Å². The average Bonchev–Trinajstić information content (AvgIpc) is 0.675. The van der Waals surface area contributed by atoms with Gasteiger partial charge in [-0.2, -0.15) is 0 Å². The summed E-state index contributed by atoms with van der Waals surface area (Å²) in [5.74, 6) is 0. The van der Waals surface area contributed by atoms with Gasteiger partial charge in [-0.1, -0.05) is 193 Å². The number of aryl methyl sites for hydroxylation is 2. The smallest absolute Gasteiger partial charge is 0.261 e. The minimum Gasteiger partial charge on any atom is -0.340 e. The summed E-state index contributed by atoms with van der Waals surface area (Å²) in [6, 6.07) is 35.5. The molecule has 4 heterocycles. The zero-order valence-electron chi connectivity index (χ0n) is 52.5. The number of fused-ring (bicyclic) bond motifs is 12. The highest BCUT2D eigenvalue weighted by Gasteiger charge is 2.32. The zero-order valence-corrected chi connectivity index (χ0v) is 52.5. The van der Waals surface area contributed by atoms with E-state index in [2.05, 4.69) is 134 Å². The van der Waals surface area contributed by atoms with Crippen molar-refractivity contribution in [3.63, 3.8) is 0 Å². The molecule has 0 saturated carbocycles. The number of unbranched alkanes of at least 4 members (excludes halogenated alkanes) is 20. The molecule has 0 aliphatic carbocycles. The molecular weight excluding hydrogens is 1080 g/mol. The van der Waals surface area contributed by atoms with Gasteiger partial charge < -0.3 is 9.13 Å².